The van der Waals surface area contributed by atoms with Crippen molar-refractivity contribution in [2.75, 3.05) is 19.8 Å². The van der Waals surface area contributed by atoms with Gasteiger partial charge < -0.3 is 19.5 Å². The van der Waals surface area contributed by atoms with Crippen LogP contribution < -0.4 is 5.32 Å². The Bertz CT molecular complexity index is 1120. The van der Waals surface area contributed by atoms with Crippen molar-refractivity contribution < 1.29 is 28.6 Å². The van der Waals surface area contributed by atoms with Crippen LogP contribution in [0, 0.1) is 0 Å². The molecule has 0 aliphatic carbocycles. The zero-order valence-electron chi connectivity index (χ0n) is 19.9. The SMILES string of the molecule is CCOC(=O)C1=C(C)NC(C)=C(C(=O)OCC)C1c1cccc(-c2nc(C(=O)OCC)cs2)c1. The lowest BCUT2D eigenvalue weighted by atomic mass is 9.80. The van der Waals surface area contributed by atoms with E-state index in [-0.39, 0.29) is 25.5 Å². The van der Waals surface area contributed by atoms with Gasteiger partial charge in [-0.3, -0.25) is 0 Å². The maximum absolute atomic E-state index is 13.0. The van der Waals surface area contributed by atoms with E-state index in [2.05, 4.69) is 10.3 Å². The van der Waals surface area contributed by atoms with Crippen molar-refractivity contribution in [3.63, 3.8) is 0 Å². The Morgan fingerprint density at radius 1 is 0.912 bits per heavy atom. The monoisotopic (exact) mass is 484 g/mol. The van der Waals surface area contributed by atoms with Gasteiger partial charge in [-0.15, -0.1) is 11.3 Å². The fourth-order valence-corrected chi connectivity index (χ4v) is 4.63. The van der Waals surface area contributed by atoms with Crippen LogP contribution in [0.1, 0.15) is 56.6 Å². The van der Waals surface area contributed by atoms with Crippen LogP contribution in [0.15, 0.2) is 52.2 Å². The second-order valence-corrected chi connectivity index (χ2v) is 8.32. The summed E-state index contributed by atoms with van der Waals surface area (Å²) in [6, 6.07) is 7.40. The highest BCUT2D eigenvalue weighted by atomic mass is 32.1. The number of benzene rings is 1. The third kappa shape index (κ3) is 5.20. The van der Waals surface area contributed by atoms with Gasteiger partial charge in [0.15, 0.2) is 5.69 Å². The van der Waals surface area contributed by atoms with Crippen molar-refractivity contribution in [3.05, 3.63) is 63.4 Å². The molecule has 1 N–H and O–H groups in total. The molecule has 1 aliphatic heterocycles. The second kappa shape index (κ2) is 11.1. The molecule has 1 aromatic carbocycles. The molecule has 0 radical (unpaired) electrons. The summed E-state index contributed by atoms with van der Waals surface area (Å²) in [5.74, 6) is -2.18. The van der Waals surface area contributed by atoms with E-state index in [1.54, 1.807) is 40.0 Å². The Kier molecular flexibility index (Phi) is 8.22. The maximum Gasteiger partial charge on any atom is 0.357 e. The van der Waals surface area contributed by atoms with Crippen molar-refractivity contribution in [1.29, 1.82) is 0 Å². The van der Waals surface area contributed by atoms with E-state index in [0.29, 0.717) is 33.1 Å². The normalized spacial score (nSPS) is 14.0. The van der Waals surface area contributed by atoms with E-state index in [1.807, 2.05) is 24.3 Å². The minimum absolute atomic E-state index is 0.204. The number of ether oxygens (including phenoxy) is 3. The molecule has 0 atom stereocenters. The zero-order chi connectivity index (χ0) is 24.8. The molecule has 1 aromatic heterocycles. The van der Waals surface area contributed by atoms with Gasteiger partial charge in [-0.2, -0.15) is 0 Å². The second-order valence-electron chi connectivity index (χ2n) is 7.46. The number of hydrogen-bond donors (Lipinski definition) is 1. The Morgan fingerprint density at radius 3 is 2.03 bits per heavy atom. The minimum Gasteiger partial charge on any atom is -0.463 e. The van der Waals surface area contributed by atoms with E-state index < -0.39 is 23.8 Å². The zero-order valence-corrected chi connectivity index (χ0v) is 20.7. The standard InChI is InChI=1S/C25H28N2O6S/c1-6-31-23(28)18-13-34-22(27-18)17-11-9-10-16(12-17)21-19(24(29)32-7-2)14(4)26-15(5)20(21)25(30)33-8-3/h9-13,21,26H,6-8H2,1-5H3. The highest BCUT2D eigenvalue weighted by Crippen LogP contribution is 2.40. The molecular weight excluding hydrogens is 456 g/mol. The van der Waals surface area contributed by atoms with Crippen LogP contribution in [0.25, 0.3) is 10.6 Å². The average Bonchev–Trinajstić information content (AvgIpc) is 3.29. The summed E-state index contributed by atoms with van der Waals surface area (Å²) in [5, 5.41) is 5.39. The lowest BCUT2D eigenvalue weighted by molar-refractivity contribution is -0.139. The van der Waals surface area contributed by atoms with Gasteiger partial charge in [0.2, 0.25) is 0 Å². The molecule has 180 valence electrons. The molecule has 3 rings (SSSR count). The predicted octanol–water partition coefficient (Wildman–Crippen LogP) is 4.35. The number of esters is 3. The topological polar surface area (TPSA) is 104 Å². The first-order chi connectivity index (χ1) is 16.3. The van der Waals surface area contributed by atoms with Gasteiger partial charge in [-0.1, -0.05) is 18.2 Å². The van der Waals surface area contributed by atoms with Crippen molar-refractivity contribution >= 4 is 29.2 Å². The van der Waals surface area contributed by atoms with Crippen LogP contribution in [0.3, 0.4) is 0 Å². The highest BCUT2D eigenvalue weighted by molar-refractivity contribution is 7.13. The van der Waals surface area contributed by atoms with Crippen molar-refractivity contribution in [2.45, 2.75) is 40.5 Å². The lowest BCUT2D eigenvalue weighted by Crippen LogP contribution is -2.32. The quantitative estimate of drug-likeness (QED) is 0.436. The summed E-state index contributed by atoms with van der Waals surface area (Å²) in [7, 11) is 0. The number of nitrogens with zero attached hydrogens (tertiary/aromatic N) is 1. The Labute approximate surface area is 202 Å². The fourth-order valence-electron chi connectivity index (χ4n) is 3.84. The molecule has 0 amide bonds. The molecule has 0 saturated carbocycles. The average molecular weight is 485 g/mol. The number of hydrogen-bond acceptors (Lipinski definition) is 9. The van der Waals surface area contributed by atoms with Crippen molar-refractivity contribution in [1.82, 2.24) is 10.3 Å². The summed E-state index contributed by atoms with van der Waals surface area (Å²) in [4.78, 5) is 42.4. The molecule has 2 heterocycles. The summed E-state index contributed by atoms with van der Waals surface area (Å²) >= 11 is 1.31. The maximum atomic E-state index is 13.0. The first-order valence-corrected chi connectivity index (χ1v) is 12.0. The predicted molar refractivity (Wildman–Crippen MR) is 128 cm³/mol. The Hall–Kier alpha value is -3.46. The molecule has 2 aromatic rings. The van der Waals surface area contributed by atoms with Crippen molar-refractivity contribution in [2.24, 2.45) is 0 Å². The van der Waals surface area contributed by atoms with E-state index >= 15 is 0 Å². The summed E-state index contributed by atoms with van der Waals surface area (Å²) in [6.45, 7) is 9.43. The van der Waals surface area contributed by atoms with Gasteiger partial charge in [-0.05, 0) is 46.2 Å². The number of nitrogens with one attached hydrogen (secondary N) is 1. The van der Waals surface area contributed by atoms with E-state index in [1.165, 1.54) is 11.3 Å². The summed E-state index contributed by atoms with van der Waals surface area (Å²) in [6.07, 6.45) is 0. The number of dihydropyridines is 1. The summed E-state index contributed by atoms with van der Waals surface area (Å²) in [5.41, 5.74) is 3.60. The van der Waals surface area contributed by atoms with Crippen molar-refractivity contribution in [3.8, 4) is 10.6 Å². The molecule has 0 bridgehead atoms. The molecule has 0 saturated heterocycles. The van der Waals surface area contributed by atoms with Crippen LogP contribution in [-0.2, 0) is 23.8 Å². The number of thiazole rings is 1. The van der Waals surface area contributed by atoms with Crippen LogP contribution in [0.5, 0.6) is 0 Å². The number of rotatable bonds is 8. The molecule has 0 spiro atoms. The van der Waals surface area contributed by atoms with Crippen LogP contribution in [0.2, 0.25) is 0 Å². The first-order valence-electron chi connectivity index (χ1n) is 11.1. The van der Waals surface area contributed by atoms with Crippen LogP contribution in [-0.4, -0.2) is 42.7 Å². The largest absolute Gasteiger partial charge is 0.463 e. The lowest BCUT2D eigenvalue weighted by Gasteiger charge is -2.30. The van der Waals surface area contributed by atoms with Crippen LogP contribution in [0.4, 0.5) is 0 Å². The molecular formula is C25H28N2O6S. The Morgan fingerprint density at radius 2 is 1.47 bits per heavy atom. The van der Waals surface area contributed by atoms with E-state index in [0.717, 1.165) is 5.56 Å². The molecule has 1 aliphatic rings. The molecule has 9 heteroatoms. The molecule has 8 nitrogen and oxygen atoms in total. The third-order valence-electron chi connectivity index (χ3n) is 5.21. The molecule has 0 fully saturated rings. The number of aromatic nitrogens is 1. The minimum atomic E-state index is -0.691. The van der Waals surface area contributed by atoms with E-state index in [4.69, 9.17) is 14.2 Å². The Balaban J connectivity index is 2.11. The number of carbonyl (C=O) groups is 3. The third-order valence-corrected chi connectivity index (χ3v) is 6.10. The van der Waals surface area contributed by atoms with Gasteiger partial charge in [0.1, 0.15) is 5.01 Å². The fraction of sp³-hybridized carbons (Fsp3) is 0.360. The number of allylic oxidation sites excluding steroid dienone is 2. The smallest absolute Gasteiger partial charge is 0.357 e. The van der Waals surface area contributed by atoms with Gasteiger partial charge in [-0.25, -0.2) is 19.4 Å². The van der Waals surface area contributed by atoms with E-state index in [9.17, 15) is 14.4 Å². The molecule has 0 unspecified atom stereocenters. The molecule has 34 heavy (non-hydrogen) atoms. The van der Waals surface area contributed by atoms with Gasteiger partial charge in [0, 0.05) is 22.3 Å². The number of carbonyl (C=O) groups excluding carboxylic acids is 3. The van der Waals surface area contributed by atoms with Crippen LogP contribution >= 0.6 is 11.3 Å². The van der Waals surface area contributed by atoms with Gasteiger partial charge in [0.25, 0.3) is 0 Å². The van der Waals surface area contributed by atoms with Gasteiger partial charge in [0.05, 0.1) is 36.9 Å². The highest BCUT2D eigenvalue weighted by Gasteiger charge is 2.38. The summed E-state index contributed by atoms with van der Waals surface area (Å²) < 4.78 is 15.7. The first kappa shape index (κ1) is 25.2. The van der Waals surface area contributed by atoms with Gasteiger partial charge >= 0.3 is 17.9 Å².